The Labute approximate surface area is 116 Å². The summed E-state index contributed by atoms with van der Waals surface area (Å²) in [5.41, 5.74) is 1.47. The van der Waals surface area contributed by atoms with Crippen LogP contribution in [0.2, 0.25) is 5.28 Å². The first-order valence-corrected chi connectivity index (χ1v) is 6.87. The summed E-state index contributed by atoms with van der Waals surface area (Å²) < 4.78 is 2.04. The van der Waals surface area contributed by atoms with Crippen LogP contribution in [0.5, 0.6) is 0 Å². The lowest BCUT2D eigenvalue weighted by atomic mass is 10.3. The Hall–Kier alpha value is -1.40. The normalized spacial score (nSPS) is 11.1. The van der Waals surface area contributed by atoms with Gasteiger partial charge in [-0.05, 0) is 24.4 Å². The van der Waals surface area contributed by atoms with E-state index < -0.39 is 0 Å². The van der Waals surface area contributed by atoms with Gasteiger partial charge in [-0.3, -0.25) is 0 Å². The minimum absolute atomic E-state index is 0.143. The number of fused-ring (bicyclic) bond motifs is 1. The first-order chi connectivity index (χ1) is 9.26. The van der Waals surface area contributed by atoms with E-state index in [1.165, 1.54) is 0 Å². The molecule has 0 radical (unpaired) electrons. The molecule has 2 rings (SSSR count). The SMILES string of the molecule is CCCCn1cnc2nc(Cl)nc(NCCCO)c21. The van der Waals surface area contributed by atoms with Crippen LogP contribution in [0.4, 0.5) is 5.82 Å². The summed E-state index contributed by atoms with van der Waals surface area (Å²) in [7, 11) is 0. The molecule has 0 aliphatic carbocycles. The number of halogens is 1. The number of nitrogens with zero attached hydrogens (tertiary/aromatic N) is 4. The van der Waals surface area contributed by atoms with E-state index >= 15 is 0 Å². The van der Waals surface area contributed by atoms with E-state index in [9.17, 15) is 0 Å². The second-order valence-electron chi connectivity index (χ2n) is 4.31. The summed E-state index contributed by atoms with van der Waals surface area (Å²) in [6.45, 7) is 3.81. The summed E-state index contributed by atoms with van der Waals surface area (Å²) >= 11 is 5.89. The number of hydrogen-bond acceptors (Lipinski definition) is 5. The highest BCUT2D eigenvalue weighted by Gasteiger charge is 2.12. The topological polar surface area (TPSA) is 75.9 Å². The van der Waals surface area contributed by atoms with E-state index in [0.717, 1.165) is 24.9 Å². The van der Waals surface area contributed by atoms with Gasteiger partial charge in [0.1, 0.15) is 5.52 Å². The molecule has 0 aliphatic heterocycles. The third-order valence-electron chi connectivity index (χ3n) is 2.82. The van der Waals surface area contributed by atoms with Gasteiger partial charge in [-0.1, -0.05) is 13.3 Å². The predicted molar refractivity (Wildman–Crippen MR) is 75.4 cm³/mol. The van der Waals surface area contributed by atoms with Crippen molar-refractivity contribution in [2.75, 3.05) is 18.5 Å². The zero-order valence-electron chi connectivity index (χ0n) is 10.9. The first-order valence-electron chi connectivity index (χ1n) is 6.49. The van der Waals surface area contributed by atoms with Crippen molar-refractivity contribution in [3.8, 4) is 0 Å². The zero-order valence-corrected chi connectivity index (χ0v) is 11.7. The molecule has 0 bridgehead atoms. The largest absolute Gasteiger partial charge is 0.396 e. The Balaban J connectivity index is 2.32. The number of aliphatic hydroxyl groups is 1. The Morgan fingerprint density at radius 3 is 2.95 bits per heavy atom. The fourth-order valence-electron chi connectivity index (χ4n) is 1.86. The molecule has 6 nitrogen and oxygen atoms in total. The van der Waals surface area contributed by atoms with Crippen LogP contribution < -0.4 is 5.32 Å². The number of hydrogen-bond donors (Lipinski definition) is 2. The lowest BCUT2D eigenvalue weighted by molar-refractivity contribution is 0.292. The minimum atomic E-state index is 0.143. The maximum atomic E-state index is 8.83. The summed E-state index contributed by atoms with van der Waals surface area (Å²) in [6.07, 6.45) is 4.61. The van der Waals surface area contributed by atoms with Crippen molar-refractivity contribution in [2.45, 2.75) is 32.7 Å². The van der Waals surface area contributed by atoms with Crippen molar-refractivity contribution in [2.24, 2.45) is 0 Å². The van der Waals surface area contributed by atoms with Gasteiger partial charge in [-0.2, -0.15) is 9.97 Å². The zero-order chi connectivity index (χ0) is 13.7. The summed E-state index contributed by atoms with van der Waals surface area (Å²) in [5.74, 6) is 0.678. The second-order valence-corrected chi connectivity index (χ2v) is 4.65. The second kappa shape index (κ2) is 6.68. The molecule has 2 aromatic heterocycles. The lowest BCUT2D eigenvalue weighted by Crippen LogP contribution is -2.08. The van der Waals surface area contributed by atoms with Crippen LogP contribution in [-0.4, -0.2) is 37.8 Å². The Bertz CT molecular complexity index is 542. The predicted octanol–water partition coefficient (Wildman–Crippen LogP) is 2.07. The Morgan fingerprint density at radius 1 is 1.37 bits per heavy atom. The molecule has 2 aromatic rings. The number of aromatic nitrogens is 4. The van der Waals surface area contributed by atoms with Crippen LogP contribution in [-0.2, 0) is 6.54 Å². The number of anilines is 1. The number of rotatable bonds is 7. The molecule has 19 heavy (non-hydrogen) atoms. The molecular weight excluding hydrogens is 266 g/mol. The van der Waals surface area contributed by atoms with Gasteiger partial charge in [0.05, 0.1) is 6.33 Å². The van der Waals surface area contributed by atoms with Crippen molar-refractivity contribution in [3.63, 3.8) is 0 Å². The maximum Gasteiger partial charge on any atom is 0.226 e. The van der Waals surface area contributed by atoms with Crippen LogP contribution in [0.1, 0.15) is 26.2 Å². The third kappa shape index (κ3) is 3.33. The van der Waals surface area contributed by atoms with Gasteiger partial charge in [0, 0.05) is 19.7 Å². The van der Waals surface area contributed by atoms with Crippen molar-refractivity contribution < 1.29 is 5.11 Å². The smallest absolute Gasteiger partial charge is 0.226 e. The molecule has 7 heteroatoms. The molecule has 2 heterocycles. The first kappa shape index (κ1) is 14.0. The van der Waals surface area contributed by atoms with Gasteiger partial charge in [-0.25, -0.2) is 4.98 Å². The molecule has 0 atom stereocenters. The van der Waals surface area contributed by atoms with Crippen LogP contribution in [0, 0.1) is 0 Å². The van der Waals surface area contributed by atoms with Crippen LogP contribution >= 0.6 is 11.6 Å². The van der Waals surface area contributed by atoms with Gasteiger partial charge in [-0.15, -0.1) is 0 Å². The number of aryl methyl sites for hydroxylation is 1. The highest BCUT2D eigenvalue weighted by Crippen LogP contribution is 2.21. The maximum absolute atomic E-state index is 8.83. The fraction of sp³-hybridized carbons (Fsp3) is 0.583. The summed E-state index contributed by atoms with van der Waals surface area (Å²) in [4.78, 5) is 12.6. The van der Waals surface area contributed by atoms with E-state index in [4.69, 9.17) is 16.7 Å². The molecule has 104 valence electrons. The number of imidazole rings is 1. The van der Waals surface area contributed by atoms with Gasteiger partial charge in [0.25, 0.3) is 0 Å². The standard InChI is InChI=1S/C12H18ClN5O/c1-2-3-6-18-8-15-11-9(18)10(14-5-4-7-19)16-12(13)17-11/h8,19H,2-7H2,1H3,(H,14,16,17). The monoisotopic (exact) mass is 283 g/mol. The molecular formula is C12H18ClN5O. The van der Waals surface area contributed by atoms with Crippen molar-refractivity contribution in [1.82, 2.24) is 19.5 Å². The number of unbranched alkanes of at least 4 members (excludes halogenated alkanes) is 1. The highest BCUT2D eigenvalue weighted by atomic mass is 35.5. The molecule has 0 spiro atoms. The van der Waals surface area contributed by atoms with Crippen LogP contribution in [0.15, 0.2) is 6.33 Å². The van der Waals surface area contributed by atoms with E-state index in [-0.39, 0.29) is 11.9 Å². The molecule has 0 saturated carbocycles. The van der Waals surface area contributed by atoms with Crippen molar-refractivity contribution >= 4 is 28.6 Å². The van der Waals surface area contributed by atoms with Crippen molar-refractivity contribution in [1.29, 1.82) is 0 Å². The summed E-state index contributed by atoms with van der Waals surface area (Å²) in [5, 5.41) is 12.2. The molecule has 0 amide bonds. The number of nitrogens with one attached hydrogen (secondary N) is 1. The van der Waals surface area contributed by atoms with E-state index in [1.807, 2.05) is 4.57 Å². The fourth-order valence-corrected chi connectivity index (χ4v) is 2.02. The summed E-state index contributed by atoms with van der Waals surface area (Å²) in [6, 6.07) is 0. The third-order valence-corrected chi connectivity index (χ3v) is 2.99. The number of aliphatic hydroxyl groups excluding tert-OH is 1. The van der Waals surface area contributed by atoms with Gasteiger partial charge in [0.15, 0.2) is 11.5 Å². The molecule has 0 aliphatic rings. The molecule has 0 aromatic carbocycles. The average Bonchev–Trinajstić information content (AvgIpc) is 2.79. The van der Waals surface area contributed by atoms with Crippen molar-refractivity contribution in [3.05, 3.63) is 11.6 Å². The average molecular weight is 284 g/mol. The highest BCUT2D eigenvalue weighted by molar-refractivity contribution is 6.28. The molecule has 0 fully saturated rings. The quantitative estimate of drug-likeness (QED) is 0.601. The van der Waals surface area contributed by atoms with Crippen LogP contribution in [0.3, 0.4) is 0 Å². The van der Waals surface area contributed by atoms with E-state index in [2.05, 4.69) is 27.2 Å². The van der Waals surface area contributed by atoms with Gasteiger partial charge >= 0.3 is 0 Å². The Kier molecular flexibility index (Phi) is 4.93. The molecule has 0 saturated heterocycles. The lowest BCUT2D eigenvalue weighted by Gasteiger charge is -2.09. The molecule has 2 N–H and O–H groups in total. The van der Waals surface area contributed by atoms with Crippen LogP contribution in [0.25, 0.3) is 11.2 Å². The van der Waals surface area contributed by atoms with E-state index in [0.29, 0.717) is 24.4 Å². The Morgan fingerprint density at radius 2 is 2.21 bits per heavy atom. The minimum Gasteiger partial charge on any atom is -0.396 e. The molecule has 0 unspecified atom stereocenters. The van der Waals surface area contributed by atoms with E-state index in [1.54, 1.807) is 6.33 Å². The van der Waals surface area contributed by atoms with Gasteiger partial charge < -0.3 is 15.0 Å². The van der Waals surface area contributed by atoms with Gasteiger partial charge in [0.2, 0.25) is 5.28 Å².